The zero-order valence-corrected chi connectivity index (χ0v) is 9.20. The van der Waals surface area contributed by atoms with Gasteiger partial charge in [-0.15, -0.1) is 11.6 Å². The molecule has 1 aliphatic heterocycles. The zero-order chi connectivity index (χ0) is 10.8. The highest BCUT2D eigenvalue weighted by atomic mass is 35.5. The molecule has 1 unspecified atom stereocenters. The first-order valence-electron chi connectivity index (χ1n) is 4.78. The number of anilines is 1. The molecule has 0 aliphatic carbocycles. The van der Waals surface area contributed by atoms with Gasteiger partial charge in [0, 0.05) is 18.0 Å². The van der Waals surface area contributed by atoms with Crippen LogP contribution in [0.25, 0.3) is 0 Å². The van der Waals surface area contributed by atoms with E-state index in [4.69, 9.17) is 16.3 Å². The van der Waals surface area contributed by atoms with E-state index in [-0.39, 0.29) is 11.9 Å². The van der Waals surface area contributed by atoms with Gasteiger partial charge in [-0.25, -0.2) is 0 Å². The summed E-state index contributed by atoms with van der Waals surface area (Å²) >= 11 is 5.75. The van der Waals surface area contributed by atoms with Crippen LogP contribution >= 0.6 is 11.6 Å². The van der Waals surface area contributed by atoms with E-state index >= 15 is 0 Å². The quantitative estimate of drug-likeness (QED) is 0.582. The van der Waals surface area contributed by atoms with Crippen molar-refractivity contribution >= 4 is 23.2 Å². The van der Waals surface area contributed by atoms with E-state index in [1.165, 1.54) is 0 Å². The Bertz CT molecular complexity index is 363. The fourth-order valence-corrected chi connectivity index (χ4v) is 1.95. The molecule has 2 rings (SSSR count). The molecule has 1 saturated heterocycles. The average Bonchev–Trinajstić information content (AvgIpc) is 2.26. The lowest BCUT2D eigenvalue weighted by atomic mass is 10.0. The number of ether oxygens (including phenoxy) is 1. The van der Waals surface area contributed by atoms with Crippen LogP contribution in [0.15, 0.2) is 24.3 Å². The lowest BCUT2D eigenvalue weighted by molar-refractivity contribution is -0.123. The fourth-order valence-electron chi connectivity index (χ4n) is 1.70. The average molecular weight is 226 g/mol. The third-order valence-electron chi connectivity index (χ3n) is 2.57. The molecule has 3 nitrogen and oxygen atoms in total. The number of rotatable bonds is 3. The van der Waals surface area contributed by atoms with Crippen LogP contribution in [0, 0.1) is 0 Å². The number of halogens is 1. The van der Waals surface area contributed by atoms with E-state index in [2.05, 4.69) is 0 Å². The molecule has 80 valence electrons. The highest BCUT2D eigenvalue weighted by Crippen LogP contribution is 2.29. The molecule has 4 heteroatoms. The van der Waals surface area contributed by atoms with Gasteiger partial charge in [-0.1, -0.05) is 0 Å². The van der Waals surface area contributed by atoms with Crippen molar-refractivity contribution in [3.05, 3.63) is 24.3 Å². The number of hydrogen-bond donors (Lipinski definition) is 0. The van der Waals surface area contributed by atoms with Gasteiger partial charge in [0.1, 0.15) is 5.75 Å². The Kier molecular flexibility index (Phi) is 2.82. The van der Waals surface area contributed by atoms with E-state index in [0.717, 1.165) is 11.4 Å². The molecular weight excluding hydrogens is 214 g/mol. The van der Waals surface area contributed by atoms with Crippen LogP contribution < -0.4 is 9.64 Å². The molecule has 1 fully saturated rings. The van der Waals surface area contributed by atoms with Crippen molar-refractivity contribution in [1.29, 1.82) is 0 Å². The van der Waals surface area contributed by atoms with Crippen molar-refractivity contribution in [2.45, 2.75) is 12.5 Å². The van der Waals surface area contributed by atoms with Crippen LogP contribution in [0.1, 0.15) is 6.42 Å². The first-order chi connectivity index (χ1) is 7.26. The summed E-state index contributed by atoms with van der Waals surface area (Å²) in [4.78, 5) is 13.1. The number of carbonyl (C=O) groups excluding carboxylic acids is 1. The lowest BCUT2D eigenvalue weighted by Crippen LogP contribution is -2.53. The van der Waals surface area contributed by atoms with Crippen LogP contribution in [0.3, 0.4) is 0 Å². The van der Waals surface area contributed by atoms with E-state index in [1.54, 1.807) is 12.0 Å². The Hall–Kier alpha value is -1.22. The topological polar surface area (TPSA) is 29.5 Å². The minimum Gasteiger partial charge on any atom is -0.497 e. The highest BCUT2D eigenvalue weighted by Gasteiger charge is 2.36. The summed E-state index contributed by atoms with van der Waals surface area (Å²) in [6.07, 6.45) is 0.551. The molecule has 0 aromatic heterocycles. The molecule has 0 radical (unpaired) electrons. The number of alkyl halides is 1. The van der Waals surface area contributed by atoms with Gasteiger partial charge < -0.3 is 9.64 Å². The third-order valence-corrected chi connectivity index (χ3v) is 2.93. The molecule has 15 heavy (non-hydrogen) atoms. The molecule has 1 heterocycles. The van der Waals surface area contributed by atoms with Gasteiger partial charge >= 0.3 is 0 Å². The number of amides is 1. The normalized spacial score (nSPS) is 20.0. The molecule has 1 atom stereocenters. The second-order valence-corrected chi connectivity index (χ2v) is 3.78. The first-order valence-corrected chi connectivity index (χ1v) is 5.32. The summed E-state index contributed by atoms with van der Waals surface area (Å²) in [7, 11) is 1.62. The fraction of sp³-hybridized carbons (Fsp3) is 0.364. The number of benzene rings is 1. The second kappa shape index (κ2) is 4.11. The predicted molar refractivity (Wildman–Crippen MR) is 59.6 cm³/mol. The second-order valence-electron chi connectivity index (χ2n) is 3.47. The van der Waals surface area contributed by atoms with Crippen LogP contribution in [-0.2, 0) is 4.79 Å². The molecule has 0 saturated carbocycles. The maximum Gasteiger partial charge on any atom is 0.229 e. The molecule has 1 aromatic rings. The smallest absolute Gasteiger partial charge is 0.229 e. The van der Waals surface area contributed by atoms with Gasteiger partial charge in [0.15, 0.2) is 0 Å². The third kappa shape index (κ3) is 1.79. The van der Waals surface area contributed by atoms with Gasteiger partial charge in [-0.2, -0.15) is 0 Å². The Morgan fingerprint density at radius 2 is 2.13 bits per heavy atom. The van der Waals surface area contributed by atoms with Crippen molar-refractivity contribution < 1.29 is 9.53 Å². The van der Waals surface area contributed by atoms with Crippen LogP contribution in [0.2, 0.25) is 0 Å². The summed E-state index contributed by atoms with van der Waals surface area (Å²) in [5.41, 5.74) is 0.887. The maximum absolute atomic E-state index is 11.4. The van der Waals surface area contributed by atoms with Crippen molar-refractivity contribution in [1.82, 2.24) is 0 Å². The highest BCUT2D eigenvalue weighted by molar-refractivity contribution is 6.20. The van der Waals surface area contributed by atoms with E-state index in [0.29, 0.717) is 12.3 Å². The zero-order valence-electron chi connectivity index (χ0n) is 8.44. The van der Waals surface area contributed by atoms with Gasteiger partial charge in [0.05, 0.1) is 13.2 Å². The summed E-state index contributed by atoms with van der Waals surface area (Å²) in [6.45, 7) is 0. The Balaban J connectivity index is 2.18. The van der Waals surface area contributed by atoms with Crippen molar-refractivity contribution in [3.8, 4) is 5.75 Å². The van der Waals surface area contributed by atoms with E-state index < -0.39 is 0 Å². The summed E-state index contributed by atoms with van der Waals surface area (Å²) < 4.78 is 5.05. The molecule has 0 N–H and O–H groups in total. The largest absolute Gasteiger partial charge is 0.497 e. The molecule has 1 aliphatic rings. The number of β-lactam (4-membered cyclic amide) rings is 1. The van der Waals surface area contributed by atoms with Crippen LogP contribution in [0.4, 0.5) is 5.69 Å². The molecule has 1 amide bonds. The van der Waals surface area contributed by atoms with E-state index in [1.807, 2.05) is 24.3 Å². The Labute approximate surface area is 93.6 Å². The number of nitrogens with zero attached hydrogens (tertiary/aromatic N) is 1. The van der Waals surface area contributed by atoms with Crippen molar-refractivity contribution in [3.63, 3.8) is 0 Å². The SMILES string of the molecule is COc1ccc(N2C(=O)CC2CCl)cc1. The monoisotopic (exact) mass is 225 g/mol. The number of hydrogen-bond acceptors (Lipinski definition) is 2. The minimum atomic E-state index is 0.130. The van der Waals surface area contributed by atoms with Crippen LogP contribution in [0.5, 0.6) is 5.75 Å². The standard InChI is InChI=1S/C11H12ClNO2/c1-15-10-4-2-8(3-5-10)13-9(7-12)6-11(13)14/h2-5,9H,6-7H2,1H3. The van der Waals surface area contributed by atoms with Crippen molar-refractivity contribution in [2.75, 3.05) is 17.9 Å². The van der Waals surface area contributed by atoms with Gasteiger partial charge in [0.2, 0.25) is 5.91 Å². The van der Waals surface area contributed by atoms with Crippen molar-refractivity contribution in [2.24, 2.45) is 0 Å². The lowest BCUT2D eigenvalue weighted by Gasteiger charge is -2.39. The predicted octanol–water partition coefficient (Wildman–Crippen LogP) is 2.04. The molecule has 1 aromatic carbocycles. The summed E-state index contributed by atoms with van der Waals surface area (Å²) in [5, 5.41) is 0. The van der Waals surface area contributed by atoms with Gasteiger partial charge in [-0.05, 0) is 24.3 Å². The van der Waals surface area contributed by atoms with E-state index in [9.17, 15) is 4.79 Å². The molecular formula is C11H12ClNO2. The minimum absolute atomic E-state index is 0.130. The Morgan fingerprint density at radius 3 is 2.60 bits per heavy atom. The van der Waals surface area contributed by atoms with Gasteiger partial charge in [0.25, 0.3) is 0 Å². The summed E-state index contributed by atoms with van der Waals surface area (Å²) in [6, 6.07) is 7.57. The number of carbonyl (C=O) groups is 1. The molecule has 0 spiro atoms. The van der Waals surface area contributed by atoms with Gasteiger partial charge in [-0.3, -0.25) is 4.79 Å². The van der Waals surface area contributed by atoms with Crippen LogP contribution in [-0.4, -0.2) is 24.9 Å². The number of methoxy groups -OCH3 is 1. The summed E-state index contributed by atoms with van der Waals surface area (Å²) in [5.74, 6) is 1.40. The Morgan fingerprint density at radius 1 is 1.47 bits per heavy atom. The first kappa shape index (κ1) is 10.3. The maximum atomic E-state index is 11.4. The molecule has 0 bridgehead atoms.